The van der Waals surface area contributed by atoms with Crippen molar-refractivity contribution in [2.45, 2.75) is 18.9 Å². The van der Waals surface area contributed by atoms with E-state index in [0.717, 1.165) is 11.0 Å². The smallest absolute Gasteiger partial charge is 0.265 e. The van der Waals surface area contributed by atoms with Crippen LogP contribution in [0, 0.1) is 9.39 Å². The minimum atomic E-state index is -1.08. The van der Waals surface area contributed by atoms with Crippen molar-refractivity contribution in [3.63, 3.8) is 0 Å². The van der Waals surface area contributed by atoms with Gasteiger partial charge in [-0.15, -0.1) is 0 Å². The van der Waals surface area contributed by atoms with Crippen molar-refractivity contribution >= 4 is 46.2 Å². The molecular weight excluding hydrogens is 394 g/mol. The number of halogens is 2. The zero-order valence-electron chi connectivity index (χ0n) is 10.5. The maximum absolute atomic E-state index is 13.8. The van der Waals surface area contributed by atoms with Crippen LogP contribution in [-0.2, 0) is 9.59 Å². The van der Waals surface area contributed by atoms with Crippen LogP contribution in [0.3, 0.4) is 0 Å². The number of carbonyl (C=O) groups excluding carboxylic acids is 4. The summed E-state index contributed by atoms with van der Waals surface area (Å²) in [5.74, 6) is -3.49. The highest BCUT2D eigenvalue weighted by atomic mass is 127. The molecule has 0 bridgehead atoms. The average Bonchev–Trinajstić information content (AvgIpc) is 2.68. The number of rotatable bonds is 1. The third-order valence-electron chi connectivity index (χ3n) is 3.49. The number of nitrogens with zero attached hydrogens (tertiary/aromatic N) is 1. The summed E-state index contributed by atoms with van der Waals surface area (Å²) in [6.07, 6.45) is 0.0811. The normalized spacial score (nSPS) is 21.6. The number of fused-ring (bicyclic) bond motifs is 1. The molecule has 2 aliphatic rings. The maximum Gasteiger partial charge on any atom is 0.265 e. The second kappa shape index (κ2) is 4.86. The molecule has 0 aliphatic carbocycles. The van der Waals surface area contributed by atoms with Gasteiger partial charge < -0.3 is 0 Å². The molecule has 108 valence electrons. The van der Waals surface area contributed by atoms with Gasteiger partial charge in [0.05, 0.1) is 11.1 Å². The molecule has 1 saturated heterocycles. The van der Waals surface area contributed by atoms with E-state index in [9.17, 15) is 23.6 Å². The van der Waals surface area contributed by atoms with E-state index >= 15 is 0 Å². The summed E-state index contributed by atoms with van der Waals surface area (Å²) in [7, 11) is 0. The molecule has 1 fully saturated rings. The van der Waals surface area contributed by atoms with E-state index in [0.29, 0.717) is 3.57 Å². The van der Waals surface area contributed by atoms with E-state index in [1.807, 2.05) is 22.6 Å². The fourth-order valence-electron chi connectivity index (χ4n) is 2.51. The first-order valence-corrected chi connectivity index (χ1v) is 7.19. The average molecular weight is 402 g/mol. The molecule has 1 atom stereocenters. The Kier molecular flexibility index (Phi) is 3.27. The highest BCUT2D eigenvalue weighted by Gasteiger charge is 2.46. The lowest BCUT2D eigenvalue weighted by atomic mass is 10.0. The number of nitrogens with one attached hydrogen (secondary N) is 1. The van der Waals surface area contributed by atoms with Crippen molar-refractivity contribution in [1.82, 2.24) is 10.2 Å². The zero-order chi connectivity index (χ0) is 15.3. The molecule has 1 N–H and O–H groups in total. The highest BCUT2D eigenvalue weighted by molar-refractivity contribution is 14.1. The minimum Gasteiger partial charge on any atom is -0.295 e. The molecule has 21 heavy (non-hydrogen) atoms. The predicted octanol–water partition coefficient (Wildman–Crippen LogP) is 0.832. The number of hydrogen-bond acceptors (Lipinski definition) is 4. The number of amides is 4. The Balaban J connectivity index is 2.05. The van der Waals surface area contributed by atoms with Crippen molar-refractivity contribution in [2.24, 2.45) is 0 Å². The Bertz CT molecular complexity index is 677. The molecule has 2 aliphatic heterocycles. The van der Waals surface area contributed by atoms with Gasteiger partial charge in [0, 0.05) is 9.99 Å². The summed E-state index contributed by atoms with van der Waals surface area (Å²) in [6.45, 7) is 0. The van der Waals surface area contributed by atoms with E-state index in [4.69, 9.17) is 0 Å². The van der Waals surface area contributed by atoms with Crippen LogP contribution in [0.2, 0.25) is 0 Å². The van der Waals surface area contributed by atoms with Crippen LogP contribution in [-0.4, -0.2) is 34.6 Å². The van der Waals surface area contributed by atoms with E-state index in [1.54, 1.807) is 0 Å². The largest absolute Gasteiger partial charge is 0.295 e. The van der Waals surface area contributed by atoms with Gasteiger partial charge in [-0.25, -0.2) is 4.39 Å². The fourth-order valence-corrected chi connectivity index (χ4v) is 3.19. The Hall–Kier alpha value is -1.84. The molecule has 0 aromatic heterocycles. The van der Waals surface area contributed by atoms with Gasteiger partial charge in [-0.05, 0) is 41.1 Å². The SMILES string of the molecule is O=C1CC[C@H](N2C(=O)c3c(F)ccc(I)c3C2=O)C(=O)N1. The quantitative estimate of drug-likeness (QED) is 0.558. The van der Waals surface area contributed by atoms with Gasteiger partial charge in [-0.2, -0.15) is 0 Å². The van der Waals surface area contributed by atoms with Gasteiger partial charge in [-0.1, -0.05) is 0 Å². The van der Waals surface area contributed by atoms with E-state index in [2.05, 4.69) is 5.32 Å². The summed E-state index contributed by atoms with van der Waals surface area (Å²) in [6, 6.07) is 1.43. The van der Waals surface area contributed by atoms with Crippen molar-refractivity contribution in [2.75, 3.05) is 0 Å². The molecule has 1 aromatic rings. The summed E-state index contributed by atoms with van der Waals surface area (Å²) in [5, 5.41) is 2.08. The Morgan fingerprint density at radius 2 is 1.81 bits per heavy atom. The predicted molar refractivity (Wildman–Crippen MR) is 75.8 cm³/mol. The number of carbonyl (C=O) groups is 4. The van der Waals surface area contributed by atoms with Crippen molar-refractivity contribution in [3.8, 4) is 0 Å². The van der Waals surface area contributed by atoms with E-state index < -0.39 is 35.5 Å². The second-order valence-electron chi connectivity index (χ2n) is 4.73. The lowest BCUT2D eigenvalue weighted by Crippen LogP contribution is -2.54. The minimum absolute atomic E-state index is 0.0229. The first kappa shape index (κ1) is 14.1. The lowest BCUT2D eigenvalue weighted by Gasteiger charge is -2.27. The number of hydrogen-bond donors (Lipinski definition) is 1. The van der Waals surface area contributed by atoms with Crippen LogP contribution >= 0.6 is 22.6 Å². The van der Waals surface area contributed by atoms with Gasteiger partial charge in [0.1, 0.15) is 11.9 Å². The maximum atomic E-state index is 13.8. The van der Waals surface area contributed by atoms with Crippen molar-refractivity contribution < 1.29 is 23.6 Å². The molecule has 2 heterocycles. The Labute approximate surface area is 131 Å². The third-order valence-corrected chi connectivity index (χ3v) is 4.39. The Morgan fingerprint density at radius 1 is 1.14 bits per heavy atom. The van der Waals surface area contributed by atoms with Crippen molar-refractivity contribution in [3.05, 3.63) is 32.6 Å². The van der Waals surface area contributed by atoms with Gasteiger partial charge >= 0.3 is 0 Å². The highest BCUT2D eigenvalue weighted by Crippen LogP contribution is 2.32. The van der Waals surface area contributed by atoms with Crippen LogP contribution < -0.4 is 5.32 Å². The van der Waals surface area contributed by atoms with Gasteiger partial charge in [0.2, 0.25) is 11.8 Å². The lowest BCUT2D eigenvalue weighted by molar-refractivity contribution is -0.136. The molecule has 6 nitrogen and oxygen atoms in total. The van der Waals surface area contributed by atoms with E-state index in [1.165, 1.54) is 6.07 Å². The molecule has 0 saturated carbocycles. The molecular formula is C13H8FIN2O4. The molecule has 0 spiro atoms. The molecule has 4 amide bonds. The summed E-state index contributed by atoms with van der Waals surface area (Å²) < 4.78 is 14.3. The summed E-state index contributed by atoms with van der Waals surface area (Å²) in [5.41, 5.74) is -0.332. The number of piperidine rings is 1. The van der Waals surface area contributed by atoms with E-state index in [-0.39, 0.29) is 24.0 Å². The van der Waals surface area contributed by atoms with Crippen LogP contribution in [0.25, 0.3) is 0 Å². The second-order valence-corrected chi connectivity index (χ2v) is 5.89. The molecule has 8 heteroatoms. The fraction of sp³-hybridized carbons (Fsp3) is 0.231. The van der Waals surface area contributed by atoms with Crippen LogP contribution in [0.1, 0.15) is 33.6 Å². The molecule has 3 rings (SSSR count). The molecule has 1 aromatic carbocycles. The summed E-state index contributed by atoms with van der Waals surface area (Å²) in [4.78, 5) is 48.4. The first-order chi connectivity index (χ1) is 9.91. The number of benzene rings is 1. The number of imide groups is 2. The van der Waals surface area contributed by atoms with Gasteiger partial charge in [0.25, 0.3) is 11.8 Å². The standard InChI is InChI=1S/C13H8FIN2O4/c14-5-1-2-6(15)10-9(5)12(20)17(13(10)21)7-3-4-8(18)16-11(7)19/h1-2,7H,3-4H2,(H,16,18,19)/t7-/m0/s1. The zero-order valence-corrected chi connectivity index (χ0v) is 12.6. The topological polar surface area (TPSA) is 83.6 Å². The van der Waals surface area contributed by atoms with Gasteiger partial charge in [-0.3, -0.25) is 29.4 Å². The van der Waals surface area contributed by atoms with Crippen LogP contribution in [0.15, 0.2) is 12.1 Å². The molecule has 0 unspecified atom stereocenters. The Morgan fingerprint density at radius 3 is 2.43 bits per heavy atom. The van der Waals surface area contributed by atoms with Crippen molar-refractivity contribution in [1.29, 1.82) is 0 Å². The van der Waals surface area contributed by atoms with Crippen LogP contribution in [0.4, 0.5) is 4.39 Å². The summed E-state index contributed by atoms with van der Waals surface area (Å²) >= 11 is 1.84. The first-order valence-electron chi connectivity index (χ1n) is 6.11. The molecule has 0 radical (unpaired) electrons. The van der Waals surface area contributed by atoms with Gasteiger partial charge in [0.15, 0.2) is 0 Å². The monoisotopic (exact) mass is 402 g/mol. The van der Waals surface area contributed by atoms with Crippen LogP contribution in [0.5, 0.6) is 0 Å². The third kappa shape index (κ3) is 2.04.